The fourth-order valence-corrected chi connectivity index (χ4v) is 3.68. The number of nitrogens with zero attached hydrogens (tertiary/aromatic N) is 1. The molecule has 0 radical (unpaired) electrons. The minimum Gasteiger partial charge on any atom is -0.329 e. The highest BCUT2D eigenvalue weighted by atomic mass is 32.2. The SMILES string of the molecule is CC1(C)CCN(C(CN)c2ccccc2F)CCS1. The van der Waals surface area contributed by atoms with E-state index >= 15 is 0 Å². The molecular weight excluding hydrogens is 259 g/mol. The van der Waals surface area contributed by atoms with Crippen molar-refractivity contribution in [1.29, 1.82) is 0 Å². The number of halogens is 1. The molecule has 1 fully saturated rings. The van der Waals surface area contributed by atoms with Crippen LogP contribution in [0.2, 0.25) is 0 Å². The normalized spacial score (nSPS) is 21.9. The van der Waals surface area contributed by atoms with E-state index in [1.807, 2.05) is 23.9 Å². The lowest BCUT2D eigenvalue weighted by atomic mass is 10.0. The van der Waals surface area contributed by atoms with Gasteiger partial charge in [-0.15, -0.1) is 0 Å². The standard InChI is InChI=1S/C15H23FN2S/c1-15(2)7-8-18(9-10-19-15)14(11-17)12-5-3-4-6-13(12)16/h3-6,14H,7-11,17H2,1-2H3. The number of rotatable bonds is 3. The maximum Gasteiger partial charge on any atom is 0.128 e. The van der Waals surface area contributed by atoms with Crippen LogP contribution in [0, 0.1) is 5.82 Å². The van der Waals surface area contributed by atoms with Crippen molar-refractivity contribution >= 4 is 11.8 Å². The Kier molecular flexibility index (Phi) is 4.87. The molecule has 0 saturated carbocycles. The lowest BCUT2D eigenvalue weighted by molar-refractivity contribution is 0.207. The highest BCUT2D eigenvalue weighted by Gasteiger charge is 2.28. The molecule has 2 rings (SSSR count). The van der Waals surface area contributed by atoms with Gasteiger partial charge in [0.05, 0.1) is 0 Å². The van der Waals surface area contributed by atoms with Crippen LogP contribution >= 0.6 is 11.8 Å². The Labute approximate surface area is 119 Å². The Morgan fingerprint density at radius 2 is 2.11 bits per heavy atom. The van der Waals surface area contributed by atoms with Gasteiger partial charge in [-0.25, -0.2) is 4.39 Å². The van der Waals surface area contributed by atoms with Gasteiger partial charge in [0.25, 0.3) is 0 Å². The summed E-state index contributed by atoms with van der Waals surface area (Å²) in [5, 5.41) is 0. The Bertz CT molecular complexity index is 422. The van der Waals surface area contributed by atoms with E-state index in [1.165, 1.54) is 6.07 Å². The molecule has 1 unspecified atom stereocenters. The number of benzene rings is 1. The zero-order chi connectivity index (χ0) is 13.9. The molecule has 0 aliphatic carbocycles. The van der Waals surface area contributed by atoms with Gasteiger partial charge in [0.15, 0.2) is 0 Å². The van der Waals surface area contributed by atoms with E-state index in [4.69, 9.17) is 5.73 Å². The van der Waals surface area contributed by atoms with Gasteiger partial charge in [-0.1, -0.05) is 32.0 Å². The molecule has 0 bridgehead atoms. The number of thioether (sulfide) groups is 1. The predicted molar refractivity (Wildman–Crippen MR) is 80.9 cm³/mol. The molecule has 1 aromatic carbocycles. The first-order valence-corrected chi connectivity index (χ1v) is 7.84. The Hall–Kier alpha value is -0.580. The second-order valence-electron chi connectivity index (χ2n) is 5.67. The first-order chi connectivity index (χ1) is 9.03. The molecule has 4 heteroatoms. The van der Waals surface area contributed by atoms with Crippen molar-refractivity contribution in [2.24, 2.45) is 5.73 Å². The molecular formula is C15H23FN2S. The number of hydrogen-bond donors (Lipinski definition) is 1. The zero-order valence-electron chi connectivity index (χ0n) is 11.7. The molecule has 1 aromatic rings. The van der Waals surface area contributed by atoms with Gasteiger partial charge in [-0.05, 0) is 12.5 Å². The lowest BCUT2D eigenvalue weighted by Gasteiger charge is -2.30. The molecule has 1 atom stereocenters. The summed E-state index contributed by atoms with van der Waals surface area (Å²) in [6.07, 6.45) is 1.11. The van der Waals surface area contributed by atoms with Crippen LogP contribution in [-0.2, 0) is 0 Å². The van der Waals surface area contributed by atoms with Gasteiger partial charge in [0, 0.05) is 41.7 Å². The lowest BCUT2D eigenvalue weighted by Crippen LogP contribution is -2.36. The van der Waals surface area contributed by atoms with Gasteiger partial charge >= 0.3 is 0 Å². The van der Waals surface area contributed by atoms with Gasteiger partial charge in [-0.3, -0.25) is 4.90 Å². The van der Waals surface area contributed by atoms with Crippen molar-refractivity contribution in [3.05, 3.63) is 35.6 Å². The maximum absolute atomic E-state index is 13.9. The molecule has 2 N–H and O–H groups in total. The molecule has 1 heterocycles. The third kappa shape index (κ3) is 3.71. The number of hydrogen-bond acceptors (Lipinski definition) is 3. The Balaban J connectivity index is 2.16. The fraction of sp³-hybridized carbons (Fsp3) is 0.600. The molecule has 0 amide bonds. The summed E-state index contributed by atoms with van der Waals surface area (Å²) in [7, 11) is 0. The largest absolute Gasteiger partial charge is 0.329 e. The van der Waals surface area contributed by atoms with Crippen LogP contribution in [0.4, 0.5) is 4.39 Å². The van der Waals surface area contributed by atoms with Crippen molar-refractivity contribution < 1.29 is 4.39 Å². The molecule has 106 valence electrons. The first kappa shape index (κ1) is 14.8. The highest BCUT2D eigenvalue weighted by Crippen LogP contribution is 2.33. The quantitative estimate of drug-likeness (QED) is 0.924. The minimum atomic E-state index is -0.144. The van der Waals surface area contributed by atoms with E-state index in [1.54, 1.807) is 6.07 Å². The van der Waals surface area contributed by atoms with E-state index in [0.717, 1.165) is 30.8 Å². The van der Waals surface area contributed by atoms with E-state index in [0.29, 0.717) is 11.3 Å². The van der Waals surface area contributed by atoms with Crippen LogP contribution < -0.4 is 5.73 Å². The average molecular weight is 282 g/mol. The fourth-order valence-electron chi connectivity index (χ4n) is 2.57. The summed E-state index contributed by atoms with van der Waals surface area (Å²) in [6, 6.07) is 6.99. The van der Waals surface area contributed by atoms with E-state index in [2.05, 4.69) is 18.7 Å². The van der Waals surface area contributed by atoms with Crippen LogP contribution in [0.15, 0.2) is 24.3 Å². The van der Waals surface area contributed by atoms with Gasteiger partial charge in [0.2, 0.25) is 0 Å². The molecule has 1 aliphatic rings. The maximum atomic E-state index is 13.9. The van der Waals surface area contributed by atoms with Crippen LogP contribution in [-0.4, -0.2) is 35.0 Å². The topological polar surface area (TPSA) is 29.3 Å². The summed E-state index contributed by atoms with van der Waals surface area (Å²) in [4.78, 5) is 2.33. The third-order valence-electron chi connectivity index (χ3n) is 3.80. The zero-order valence-corrected chi connectivity index (χ0v) is 12.5. The van der Waals surface area contributed by atoms with Crippen molar-refractivity contribution in [3.63, 3.8) is 0 Å². The number of nitrogens with two attached hydrogens (primary N) is 1. The molecule has 1 aliphatic heterocycles. The van der Waals surface area contributed by atoms with E-state index in [-0.39, 0.29) is 11.9 Å². The molecule has 2 nitrogen and oxygen atoms in total. The summed E-state index contributed by atoms with van der Waals surface area (Å²) >= 11 is 2.00. The Morgan fingerprint density at radius 3 is 2.79 bits per heavy atom. The van der Waals surface area contributed by atoms with Crippen LogP contribution in [0.3, 0.4) is 0 Å². The Morgan fingerprint density at radius 1 is 1.37 bits per heavy atom. The van der Waals surface area contributed by atoms with Crippen LogP contribution in [0.25, 0.3) is 0 Å². The van der Waals surface area contributed by atoms with E-state index < -0.39 is 0 Å². The van der Waals surface area contributed by atoms with Gasteiger partial charge in [-0.2, -0.15) is 11.8 Å². The molecule has 0 spiro atoms. The molecule has 19 heavy (non-hydrogen) atoms. The average Bonchev–Trinajstić information content (AvgIpc) is 2.54. The van der Waals surface area contributed by atoms with Crippen LogP contribution in [0.1, 0.15) is 31.9 Å². The molecule has 0 aromatic heterocycles. The van der Waals surface area contributed by atoms with Crippen molar-refractivity contribution in [3.8, 4) is 0 Å². The molecule has 1 saturated heterocycles. The first-order valence-electron chi connectivity index (χ1n) is 6.86. The second-order valence-corrected chi connectivity index (χ2v) is 7.47. The minimum absolute atomic E-state index is 0.00398. The third-order valence-corrected chi connectivity index (χ3v) is 5.17. The van der Waals surface area contributed by atoms with Crippen LogP contribution in [0.5, 0.6) is 0 Å². The van der Waals surface area contributed by atoms with Crippen molar-refractivity contribution in [2.75, 3.05) is 25.4 Å². The van der Waals surface area contributed by atoms with E-state index in [9.17, 15) is 4.39 Å². The monoisotopic (exact) mass is 282 g/mol. The summed E-state index contributed by atoms with van der Waals surface area (Å²) in [6.45, 7) is 6.98. The summed E-state index contributed by atoms with van der Waals surface area (Å²) in [5.41, 5.74) is 6.64. The second kappa shape index (κ2) is 6.25. The van der Waals surface area contributed by atoms with Gasteiger partial charge in [0.1, 0.15) is 5.82 Å². The summed E-state index contributed by atoms with van der Waals surface area (Å²) in [5.74, 6) is 0.937. The van der Waals surface area contributed by atoms with Crippen molar-refractivity contribution in [2.45, 2.75) is 31.1 Å². The van der Waals surface area contributed by atoms with Crippen molar-refractivity contribution in [1.82, 2.24) is 4.90 Å². The highest BCUT2D eigenvalue weighted by molar-refractivity contribution is 8.00. The summed E-state index contributed by atoms with van der Waals surface area (Å²) < 4.78 is 14.3. The predicted octanol–water partition coefficient (Wildman–Crippen LogP) is 3.04. The van der Waals surface area contributed by atoms with Gasteiger partial charge < -0.3 is 5.73 Å². The smallest absolute Gasteiger partial charge is 0.128 e.